The summed E-state index contributed by atoms with van der Waals surface area (Å²) >= 11 is 3.47. The summed E-state index contributed by atoms with van der Waals surface area (Å²) < 4.78 is 3.27. The molecule has 4 heteroatoms. The Morgan fingerprint density at radius 1 is 1.00 bits per heavy atom. The first-order valence-corrected chi connectivity index (χ1v) is 8.67. The highest BCUT2D eigenvalue weighted by Crippen LogP contribution is 2.20. The van der Waals surface area contributed by atoms with E-state index >= 15 is 0 Å². The average molecular weight is 379 g/mol. The number of rotatable bonds is 3. The summed E-state index contributed by atoms with van der Waals surface area (Å²) in [6, 6.07) is 18.9. The SMILES string of the molecule is Cc1ccc(-c2nc3cc[n+](Cc4ccc(Br)cc4)cc3[nH]2)cc1. The molecule has 0 amide bonds. The maximum absolute atomic E-state index is 4.70. The third-order valence-corrected chi connectivity index (χ3v) is 4.61. The molecule has 0 spiro atoms. The lowest BCUT2D eigenvalue weighted by Crippen LogP contribution is -2.33. The minimum absolute atomic E-state index is 0.835. The normalized spacial score (nSPS) is 11.1. The van der Waals surface area contributed by atoms with Crippen LogP contribution in [0.5, 0.6) is 0 Å². The van der Waals surface area contributed by atoms with Crippen molar-refractivity contribution in [3.05, 3.63) is 82.6 Å². The molecule has 2 aromatic carbocycles. The van der Waals surface area contributed by atoms with Gasteiger partial charge in [0.1, 0.15) is 16.9 Å². The smallest absolute Gasteiger partial charge is 0.195 e. The molecule has 0 saturated carbocycles. The maximum Gasteiger partial charge on any atom is 0.195 e. The van der Waals surface area contributed by atoms with Crippen LogP contribution in [0.1, 0.15) is 11.1 Å². The molecular weight excluding hydrogens is 362 g/mol. The molecule has 4 rings (SSSR count). The minimum atomic E-state index is 0.835. The highest BCUT2D eigenvalue weighted by molar-refractivity contribution is 9.10. The fourth-order valence-electron chi connectivity index (χ4n) is 2.75. The van der Waals surface area contributed by atoms with Gasteiger partial charge in [-0.25, -0.2) is 4.98 Å². The number of nitrogens with zero attached hydrogens (tertiary/aromatic N) is 2. The van der Waals surface area contributed by atoms with Gasteiger partial charge in [0.15, 0.2) is 18.9 Å². The number of pyridine rings is 1. The van der Waals surface area contributed by atoms with E-state index in [1.165, 1.54) is 11.1 Å². The van der Waals surface area contributed by atoms with Crippen LogP contribution in [-0.4, -0.2) is 9.97 Å². The summed E-state index contributed by atoms with van der Waals surface area (Å²) in [5.74, 6) is 0.909. The van der Waals surface area contributed by atoms with Gasteiger partial charge in [0.05, 0.1) is 0 Å². The van der Waals surface area contributed by atoms with E-state index in [-0.39, 0.29) is 0 Å². The number of benzene rings is 2. The second-order valence-electron chi connectivity index (χ2n) is 5.99. The molecule has 0 radical (unpaired) electrons. The molecule has 0 fully saturated rings. The third-order valence-electron chi connectivity index (χ3n) is 4.08. The van der Waals surface area contributed by atoms with Crippen LogP contribution in [0.3, 0.4) is 0 Å². The Morgan fingerprint density at radius 2 is 1.75 bits per heavy atom. The fraction of sp³-hybridized carbons (Fsp3) is 0.100. The Morgan fingerprint density at radius 3 is 2.50 bits per heavy atom. The summed E-state index contributed by atoms with van der Waals surface area (Å²) in [6.45, 7) is 2.93. The first-order chi connectivity index (χ1) is 11.7. The maximum atomic E-state index is 4.70. The van der Waals surface area contributed by atoms with Crippen molar-refractivity contribution in [3.63, 3.8) is 0 Å². The van der Waals surface area contributed by atoms with Crippen LogP contribution in [0.25, 0.3) is 22.4 Å². The Kier molecular flexibility index (Phi) is 3.90. The highest BCUT2D eigenvalue weighted by Gasteiger charge is 2.10. The standard InChI is InChI=1S/C20H16BrN3/c1-14-2-6-16(7-3-14)20-22-18-10-11-24(13-19(18)23-20)12-15-4-8-17(21)9-5-15/h2-11,13H,12H2,1H3/p+1. The summed E-state index contributed by atoms with van der Waals surface area (Å²) in [7, 11) is 0. The van der Waals surface area contributed by atoms with Crippen molar-refractivity contribution in [3.8, 4) is 11.4 Å². The first kappa shape index (κ1) is 15.1. The largest absolute Gasteiger partial charge is 0.333 e. The van der Waals surface area contributed by atoms with Crippen molar-refractivity contribution < 1.29 is 4.57 Å². The number of aromatic nitrogens is 3. The molecule has 0 unspecified atom stereocenters. The summed E-state index contributed by atoms with van der Waals surface area (Å²) in [6.07, 6.45) is 4.19. The Hall–Kier alpha value is -2.46. The van der Waals surface area contributed by atoms with Crippen LogP contribution in [0, 0.1) is 6.92 Å². The molecule has 2 heterocycles. The molecule has 0 atom stereocenters. The summed E-state index contributed by atoms with van der Waals surface area (Å²) in [4.78, 5) is 8.12. The van der Waals surface area contributed by atoms with Gasteiger partial charge in [-0.1, -0.05) is 57.9 Å². The van der Waals surface area contributed by atoms with Crippen LogP contribution in [0.2, 0.25) is 0 Å². The molecule has 2 aromatic heterocycles. The molecular formula is C20H17BrN3+. The van der Waals surface area contributed by atoms with Crippen LogP contribution in [0.15, 0.2) is 71.5 Å². The topological polar surface area (TPSA) is 32.6 Å². The predicted molar refractivity (Wildman–Crippen MR) is 99.7 cm³/mol. The van der Waals surface area contributed by atoms with Crippen molar-refractivity contribution >= 4 is 27.0 Å². The molecule has 0 aliphatic heterocycles. The average Bonchev–Trinajstić information content (AvgIpc) is 3.01. The molecule has 24 heavy (non-hydrogen) atoms. The molecule has 0 aliphatic rings. The Labute approximate surface area is 149 Å². The number of aryl methyl sites for hydroxylation is 1. The number of hydrogen-bond acceptors (Lipinski definition) is 1. The van der Waals surface area contributed by atoms with Crippen LogP contribution >= 0.6 is 15.9 Å². The van der Waals surface area contributed by atoms with E-state index in [1.54, 1.807) is 0 Å². The van der Waals surface area contributed by atoms with Crippen molar-refractivity contribution in [2.24, 2.45) is 0 Å². The number of nitrogens with one attached hydrogen (secondary N) is 1. The lowest BCUT2D eigenvalue weighted by atomic mass is 10.1. The van der Waals surface area contributed by atoms with E-state index in [9.17, 15) is 0 Å². The van der Waals surface area contributed by atoms with Crippen molar-refractivity contribution in [1.29, 1.82) is 0 Å². The van der Waals surface area contributed by atoms with Crippen molar-refractivity contribution in [2.75, 3.05) is 0 Å². The van der Waals surface area contributed by atoms with E-state index in [0.717, 1.165) is 33.4 Å². The fourth-order valence-corrected chi connectivity index (χ4v) is 3.01. The molecule has 1 N–H and O–H groups in total. The van der Waals surface area contributed by atoms with E-state index in [2.05, 4.69) is 99.4 Å². The van der Waals surface area contributed by atoms with Gasteiger partial charge in [-0.15, -0.1) is 0 Å². The number of hydrogen-bond donors (Lipinski definition) is 1. The predicted octanol–water partition coefficient (Wildman–Crippen LogP) is 4.64. The monoisotopic (exact) mass is 378 g/mol. The molecule has 0 bridgehead atoms. The highest BCUT2D eigenvalue weighted by atomic mass is 79.9. The van der Waals surface area contributed by atoms with E-state index in [4.69, 9.17) is 4.98 Å². The quantitative estimate of drug-likeness (QED) is 0.517. The number of halogens is 1. The van der Waals surface area contributed by atoms with Gasteiger partial charge in [-0.2, -0.15) is 4.57 Å². The van der Waals surface area contributed by atoms with E-state index in [0.29, 0.717) is 0 Å². The van der Waals surface area contributed by atoms with Gasteiger partial charge in [-0.05, 0) is 19.1 Å². The zero-order valence-corrected chi connectivity index (χ0v) is 14.9. The molecule has 0 aliphatic carbocycles. The zero-order chi connectivity index (χ0) is 16.5. The molecule has 118 valence electrons. The number of H-pyrrole nitrogens is 1. The lowest BCUT2D eigenvalue weighted by Gasteiger charge is -1.98. The van der Waals surface area contributed by atoms with Gasteiger partial charge < -0.3 is 4.98 Å². The minimum Gasteiger partial charge on any atom is -0.333 e. The second-order valence-corrected chi connectivity index (χ2v) is 6.91. The van der Waals surface area contributed by atoms with Crippen molar-refractivity contribution in [2.45, 2.75) is 13.5 Å². The van der Waals surface area contributed by atoms with Gasteiger partial charge >= 0.3 is 0 Å². The molecule has 3 nitrogen and oxygen atoms in total. The summed E-state index contributed by atoms with van der Waals surface area (Å²) in [5.41, 5.74) is 5.65. The van der Waals surface area contributed by atoms with Crippen LogP contribution in [-0.2, 0) is 6.54 Å². The molecule has 4 aromatic rings. The first-order valence-electron chi connectivity index (χ1n) is 7.88. The van der Waals surface area contributed by atoms with Gasteiger partial charge in [0, 0.05) is 21.7 Å². The lowest BCUT2D eigenvalue weighted by molar-refractivity contribution is -0.687. The third kappa shape index (κ3) is 3.10. The van der Waals surface area contributed by atoms with Gasteiger partial charge in [0.2, 0.25) is 0 Å². The Balaban J connectivity index is 1.65. The summed E-state index contributed by atoms with van der Waals surface area (Å²) in [5, 5.41) is 0. The number of aromatic amines is 1. The number of imidazole rings is 1. The van der Waals surface area contributed by atoms with E-state index < -0.39 is 0 Å². The van der Waals surface area contributed by atoms with Crippen LogP contribution < -0.4 is 4.57 Å². The molecule has 0 saturated heterocycles. The Bertz CT molecular complexity index is 986. The van der Waals surface area contributed by atoms with Crippen LogP contribution in [0.4, 0.5) is 0 Å². The van der Waals surface area contributed by atoms with Crippen molar-refractivity contribution in [1.82, 2.24) is 9.97 Å². The van der Waals surface area contributed by atoms with E-state index in [1.807, 2.05) is 0 Å². The number of fused-ring (bicyclic) bond motifs is 1. The second kappa shape index (κ2) is 6.21. The van der Waals surface area contributed by atoms with Gasteiger partial charge in [0.25, 0.3) is 0 Å². The zero-order valence-electron chi connectivity index (χ0n) is 13.3. The van der Waals surface area contributed by atoms with Gasteiger partial charge in [-0.3, -0.25) is 0 Å².